The van der Waals surface area contributed by atoms with Gasteiger partial charge in [-0.1, -0.05) is 11.8 Å². The molecule has 3 rings (SSSR count). The van der Waals surface area contributed by atoms with Gasteiger partial charge in [0.05, 0.1) is 19.4 Å². The standard InChI is InChI=1S/C20H21N5O3S/c1-3-25-18(15-5-4-10-21-11-15)23-24-20(25)29-13-16(26)12-22-19(27)14-6-8-17(28-2)9-7-14/h4-11H,3,12-13H2,1-2H3,(H,22,27). The predicted octanol–water partition coefficient (Wildman–Crippen LogP) is 2.46. The van der Waals surface area contributed by atoms with E-state index in [4.69, 9.17) is 4.74 Å². The number of Topliss-reactive ketones (excluding diaryl/α,β-unsaturated/α-hetero) is 1. The molecule has 0 saturated heterocycles. The van der Waals surface area contributed by atoms with Gasteiger partial charge in [0.2, 0.25) is 0 Å². The van der Waals surface area contributed by atoms with Crippen molar-refractivity contribution >= 4 is 23.5 Å². The summed E-state index contributed by atoms with van der Waals surface area (Å²) in [5.41, 5.74) is 1.34. The average molecular weight is 411 g/mol. The lowest BCUT2D eigenvalue weighted by atomic mass is 10.2. The van der Waals surface area contributed by atoms with Gasteiger partial charge in [0.1, 0.15) is 5.75 Å². The molecule has 0 aliphatic rings. The number of ether oxygens (including phenoxy) is 1. The molecule has 0 bridgehead atoms. The molecule has 0 unspecified atom stereocenters. The zero-order valence-corrected chi connectivity index (χ0v) is 17.0. The van der Waals surface area contributed by atoms with Gasteiger partial charge in [-0.25, -0.2) is 0 Å². The van der Waals surface area contributed by atoms with Crippen molar-refractivity contribution < 1.29 is 14.3 Å². The fraction of sp³-hybridized carbons (Fsp3) is 0.250. The van der Waals surface area contributed by atoms with Crippen LogP contribution in [0.25, 0.3) is 11.4 Å². The molecule has 1 amide bonds. The van der Waals surface area contributed by atoms with E-state index in [9.17, 15) is 9.59 Å². The Bertz CT molecular complexity index is 974. The van der Waals surface area contributed by atoms with Gasteiger partial charge < -0.3 is 14.6 Å². The molecule has 0 aliphatic heterocycles. The van der Waals surface area contributed by atoms with Gasteiger partial charge in [-0.15, -0.1) is 10.2 Å². The maximum atomic E-state index is 12.2. The Balaban J connectivity index is 1.54. The molecule has 2 aromatic heterocycles. The summed E-state index contributed by atoms with van der Waals surface area (Å²) in [6.45, 7) is 2.61. The third kappa shape index (κ3) is 5.20. The van der Waals surface area contributed by atoms with Gasteiger partial charge in [-0.05, 0) is 43.3 Å². The van der Waals surface area contributed by atoms with Crippen molar-refractivity contribution in [3.05, 3.63) is 54.4 Å². The molecule has 29 heavy (non-hydrogen) atoms. The van der Waals surface area contributed by atoms with E-state index >= 15 is 0 Å². The maximum absolute atomic E-state index is 12.2. The summed E-state index contributed by atoms with van der Waals surface area (Å²) in [5, 5.41) is 11.7. The van der Waals surface area contributed by atoms with Crippen molar-refractivity contribution in [2.75, 3.05) is 19.4 Å². The van der Waals surface area contributed by atoms with Crippen LogP contribution in [0.4, 0.5) is 0 Å². The van der Waals surface area contributed by atoms with Gasteiger partial charge in [-0.2, -0.15) is 0 Å². The van der Waals surface area contributed by atoms with E-state index < -0.39 is 0 Å². The van der Waals surface area contributed by atoms with Crippen molar-refractivity contribution in [1.82, 2.24) is 25.1 Å². The first-order chi connectivity index (χ1) is 14.1. The number of benzene rings is 1. The molecule has 2 heterocycles. The number of hydrogen-bond acceptors (Lipinski definition) is 7. The van der Waals surface area contributed by atoms with Crippen LogP contribution >= 0.6 is 11.8 Å². The minimum absolute atomic E-state index is 0.0480. The van der Waals surface area contributed by atoms with Crippen LogP contribution in [-0.2, 0) is 11.3 Å². The number of pyridine rings is 1. The molecule has 0 spiro atoms. The van der Waals surface area contributed by atoms with Crippen LogP contribution in [-0.4, -0.2) is 50.8 Å². The zero-order valence-electron chi connectivity index (χ0n) is 16.2. The Morgan fingerprint density at radius 1 is 1.17 bits per heavy atom. The first kappa shape index (κ1) is 20.5. The molecular formula is C20H21N5O3S. The fourth-order valence-corrected chi connectivity index (χ4v) is 3.47. The van der Waals surface area contributed by atoms with E-state index in [2.05, 4.69) is 20.5 Å². The van der Waals surface area contributed by atoms with Gasteiger partial charge in [0, 0.05) is 30.1 Å². The second-order valence-corrected chi connectivity index (χ2v) is 6.97. The monoisotopic (exact) mass is 411 g/mol. The van der Waals surface area contributed by atoms with E-state index in [0.29, 0.717) is 28.8 Å². The lowest BCUT2D eigenvalue weighted by Crippen LogP contribution is -2.30. The first-order valence-electron chi connectivity index (χ1n) is 9.02. The molecule has 1 N–H and O–H groups in total. The lowest BCUT2D eigenvalue weighted by molar-refractivity contribution is -0.115. The largest absolute Gasteiger partial charge is 0.497 e. The quantitative estimate of drug-likeness (QED) is 0.540. The number of nitrogens with zero attached hydrogens (tertiary/aromatic N) is 4. The summed E-state index contributed by atoms with van der Waals surface area (Å²) in [7, 11) is 1.56. The number of methoxy groups -OCH3 is 1. The van der Waals surface area contributed by atoms with Crippen LogP contribution in [0, 0.1) is 0 Å². The molecule has 0 radical (unpaired) electrons. The average Bonchev–Trinajstić information content (AvgIpc) is 3.19. The third-order valence-corrected chi connectivity index (χ3v) is 5.14. The number of nitrogens with one attached hydrogen (secondary N) is 1. The van der Waals surface area contributed by atoms with E-state index in [0.717, 1.165) is 5.56 Å². The van der Waals surface area contributed by atoms with E-state index in [1.165, 1.54) is 11.8 Å². The first-order valence-corrected chi connectivity index (χ1v) is 10.0. The molecule has 8 nitrogen and oxygen atoms in total. The molecular weight excluding hydrogens is 390 g/mol. The highest BCUT2D eigenvalue weighted by Gasteiger charge is 2.15. The summed E-state index contributed by atoms with van der Waals surface area (Å²) in [5.74, 6) is 1.16. The molecule has 0 aliphatic carbocycles. The number of ketones is 1. The summed E-state index contributed by atoms with van der Waals surface area (Å²) in [6, 6.07) is 10.4. The SMILES string of the molecule is CCn1c(SCC(=O)CNC(=O)c2ccc(OC)cc2)nnc1-c1cccnc1. The summed E-state index contributed by atoms with van der Waals surface area (Å²) in [6.07, 6.45) is 3.43. The van der Waals surface area contributed by atoms with Crippen LogP contribution in [0.2, 0.25) is 0 Å². The van der Waals surface area contributed by atoms with Crippen LogP contribution in [0.5, 0.6) is 5.75 Å². The summed E-state index contributed by atoms with van der Waals surface area (Å²) in [4.78, 5) is 28.5. The molecule has 0 fully saturated rings. The van der Waals surface area contributed by atoms with E-state index in [1.54, 1.807) is 43.8 Å². The highest BCUT2D eigenvalue weighted by atomic mass is 32.2. The van der Waals surface area contributed by atoms with Crippen molar-refractivity contribution in [2.45, 2.75) is 18.6 Å². The number of amides is 1. The van der Waals surface area contributed by atoms with E-state index in [-0.39, 0.29) is 24.0 Å². The minimum Gasteiger partial charge on any atom is -0.497 e. The number of thioether (sulfide) groups is 1. The Hall–Kier alpha value is -3.20. The number of carbonyl (C=O) groups is 2. The minimum atomic E-state index is -0.304. The molecule has 1 aromatic carbocycles. The Kier molecular flexibility index (Phi) is 6.96. The Morgan fingerprint density at radius 3 is 2.62 bits per heavy atom. The zero-order chi connectivity index (χ0) is 20.6. The predicted molar refractivity (Wildman–Crippen MR) is 110 cm³/mol. The highest BCUT2D eigenvalue weighted by Crippen LogP contribution is 2.23. The number of aromatic nitrogens is 4. The highest BCUT2D eigenvalue weighted by molar-refractivity contribution is 7.99. The second kappa shape index (κ2) is 9.83. The molecule has 0 atom stereocenters. The van der Waals surface area contributed by atoms with Gasteiger partial charge in [0.25, 0.3) is 5.91 Å². The Labute approximate surface area is 172 Å². The number of hydrogen-bond donors (Lipinski definition) is 1. The maximum Gasteiger partial charge on any atom is 0.251 e. The molecule has 150 valence electrons. The topological polar surface area (TPSA) is 99.0 Å². The molecule has 0 saturated carbocycles. The summed E-state index contributed by atoms with van der Waals surface area (Å²) >= 11 is 1.30. The molecule has 9 heteroatoms. The smallest absolute Gasteiger partial charge is 0.251 e. The van der Waals surface area contributed by atoms with Crippen molar-refractivity contribution in [1.29, 1.82) is 0 Å². The normalized spacial score (nSPS) is 10.6. The van der Waals surface area contributed by atoms with Crippen LogP contribution in [0.1, 0.15) is 17.3 Å². The van der Waals surface area contributed by atoms with Crippen molar-refractivity contribution in [3.63, 3.8) is 0 Å². The summed E-state index contributed by atoms with van der Waals surface area (Å²) < 4.78 is 7.00. The van der Waals surface area contributed by atoms with Crippen LogP contribution < -0.4 is 10.1 Å². The van der Waals surface area contributed by atoms with Crippen molar-refractivity contribution in [2.24, 2.45) is 0 Å². The van der Waals surface area contributed by atoms with Crippen molar-refractivity contribution in [3.8, 4) is 17.1 Å². The second-order valence-electron chi connectivity index (χ2n) is 6.03. The van der Waals surface area contributed by atoms with Crippen LogP contribution in [0.15, 0.2) is 53.9 Å². The molecule has 3 aromatic rings. The van der Waals surface area contributed by atoms with Gasteiger partial charge in [-0.3, -0.25) is 14.6 Å². The van der Waals surface area contributed by atoms with Gasteiger partial charge >= 0.3 is 0 Å². The van der Waals surface area contributed by atoms with E-state index in [1.807, 2.05) is 23.6 Å². The fourth-order valence-electron chi connectivity index (χ4n) is 2.61. The van der Waals surface area contributed by atoms with Gasteiger partial charge in [0.15, 0.2) is 16.8 Å². The van der Waals surface area contributed by atoms with Crippen LogP contribution in [0.3, 0.4) is 0 Å². The number of carbonyl (C=O) groups excluding carboxylic acids is 2. The number of rotatable bonds is 9. The Morgan fingerprint density at radius 2 is 1.97 bits per heavy atom. The lowest BCUT2D eigenvalue weighted by Gasteiger charge is -2.07. The third-order valence-electron chi connectivity index (χ3n) is 4.11.